The van der Waals surface area contributed by atoms with E-state index in [2.05, 4.69) is 5.10 Å². The van der Waals surface area contributed by atoms with Gasteiger partial charge >= 0.3 is 0 Å². The largest absolute Gasteiger partial charge is 0.491 e. The molecule has 0 radical (unpaired) electrons. The van der Waals surface area contributed by atoms with Crippen LogP contribution in [0.1, 0.15) is 12.0 Å². The molecule has 8 heteroatoms. The van der Waals surface area contributed by atoms with E-state index in [1.807, 2.05) is 30.3 Å². The fourth-order valence-electron chi connectivity index (χ4n) is 4.24. The first kappa shape index (κ1) is 21.3. The van der Waals surface area contributed by atoms with E-state index in [1.54, 1.807) is 36.2 Å². The molecule has 0 saturated carbocycles. The van der Waals surface area contributed by atoms with Crippen LogP contribution in [-0.2, 0) is 16.0 Å². The highest BCUT2D eigenvalue weighted by atomic mass is 35.5. The molecule has 2 aromatic carbocycles. The SMILES string of the molecule is CN1N=C2CCN(C(=O)C(N)COc3ccc(Cl)cc3)CC2(Cc2ccccc2)C1=O. The number of hydrogen-bond acceptors (Lipinski definition) is 5. The summed E-state index contributed by atoms with van der Waals surface area (Å²) in [6.07, 6.45) is 1.04. The molecule has 2 amide bonds. The lowest BCUT2D eigenvalue weighted by Crippen LogP contribution is -2.58. The van der Waals surface area contributed by atoms with Crippen molar-refractivity contribution < 1.29 is 14.3 Å². The van der Waals surface area contributed by atoms with E-state index in [0.29, 0.717) is 30.2 Å². The highest BCUT2D eigenvalue weighted by Crippen LogP contribution is 2.38. The Kier molecular flexibility index (Phi) is 5.98. The molecule has 2 aliphatic rings. The number of carbonyl (C=O) groups is 2. The van der Waals surface area contributed by atoms with Crippen molar-refractivity contribution in [2.24, 2.45) is 16.3 Å². The maximum atomic E-state index is 13.1. The molecule has 2 unspecified atom stereocenters. The Morgan fingerprint density at radius 3 is 2.65 bits per heavy atom. The lowest BCUT2D eigenvalue weighted by atomic mass is 9.73. The van der Waals surface area contributed by atoms with Crippen LogP contribution in [0, 0.1) is 5.41 Å². The van der Waals surface area contributed by atoms with E-state index in [-0.39, 0.29) is 25.0 Å². The molecule has 2 atom stereocenters. The molecule has 2 N–H and O–H groups in total. The molecule has 0 bridgehead atoms. The van der Waals surface area contributed by atoms with Crippen molar-refractivity contribution in [1.82, 2.24) is 9.91 Å². The number of ether oxygens (including phenoxy) is 1. The quantitative estimate of drug-likeness (QED) is 0.746. The number of hydrazone groups is 1. The summed E-state index contributed by atoms with van der Waals surface area (Å²) in [6.45, 7) is 0.777. The minimum atomic E-state index is -0.846. The van der Waals surface area contributed by atoms with Crippen molar-refractivity contribution >= 4 is 29.1 Å². The third-order valence-corrected chi connectivity index (χ3v) is 6.08. The number of benzene rings is 2. The Bertz CT molecular complexity index is 996. The Morgan fingerprint density at radius 2 is 1.94 bits per heavy atom. The summed E-state index contributed by atoms with van der Waals surface area (Å²) in [7, 11) is 1.66. The van der Waals surface area contributed by atoms with Crippen LogP contribution in [0.5, 0.6) is 5.75 Å². The smallest absolute Gasteiger partial charge is 0.256 e. The molecule has 1 fully saturated rings. The predicted molar refractivity (Wildman–Crippen MR) is 119 cm³/mol. The van der Waals surface area contributed by atoms with Gasteiger partial charge in [-0.3, -0.25) is 9.59 Å². The second kappa shape index (κ2) is 8.69. The summed E-state index contributed by atoms with van der Waals surface area (Å²) in [4.78, 5) is 27.9. The van der Waals surface area contributed by atoms with E-state index in [4.69, 9.17) is 22.1 Å². The average molecular weight is 441 g/mol. The number of fused-ring (bicyclic) bond motifs is 1. The van der Waals surface area contributed by atoms with Crippen molar-refractivity contribution in [2.45, 2.75) is 18.9 Å². The van der Waals surface area contributed by atoms with Crippen molar-refractivity contribution in [1.29, 1.82) is 0 Å². The van der Waals surface area contributed by atoms with Crippen LogP contribution in [0.25, 0.3) is 0 Å². The Labute approximate surface area is 186 Å². The van der Waals surface area contributed by atoms with Crippen molar-refractivity contribution in [3.63, 3.8) is 0 Å². The first-order chi connectivity index (χ1) is 14.9. The highest BCUT2D eigenvalue weighted by Gasteiger charge is 2.53. The maximum absolute atomic E-state index is 13.1. The van der Waals surface area contributed by atoms with Gasteiger partial charge in [-0.25, -0.2) is 5.01 Å². The van der Waals surface area contributed by atoms with Crippen molar-refractivity contribution in [3.8, 4) is 5.75 Å². The number of likely N-dealkylation sites (tertiary alicyclic amines) is 1. The molecular formula is C23H25ClN4O3. The van der Waals surface area contributed by atoms with Crippen LogP contribution in [0.15, 0.2) is 59.7 Å². The Balaban J connectivity index is 1.48. The van der Waals surface area contributed by atoms with E-state index >= 15 is 0 Å². The van der Waals surface area contributed by atoms with Gasteiger partial charge in [0, 0.05) is 31.6 Å². The predicted octanol–water partition coefficient (Wildman–Crippen LogP) is 2.34. The average Bonchev–Trinajstić information content (AvgIpc) is 3.02. The molecule has 0 spiro atoms. The molecule has 2 heterocycles. The number of hydrogen-bond donors (Lipinski definition) is 1. The molecule has 31 heavy (non-hydrogen) atoms. The Morgan fingerprint density at radius 1 is 1.23 bits per heavy atom. The third-order valence-electron chi connectivity index (χ3n) is 5.83. The zero-order chi connectivity index (χ0) is 22.0. The van der Waals surface area contributed by atoms with Crippen LogP contribution in [0.3, 0.4) is 0 Å². The second-order valence-electron chi connectivity index (χ2n) is 8.00. The summed E-state index contributed by atoms with van der Waals surface area (Å²) in [5, 5.41) is 6.48. The fraction of sp³-hybridized carbons (Fsp3) is 0.348. The number of halogens is 1. The number of carbonyl (C=O) groups excluding carboxylic acids is 2. The number of nitrogens with two attached hydrogens (primary N) is 1. The van der Waals surface area contributed by atoms with Crippen LogP contribution in [-0.4, -0.2) is 60.2 Å². The molecule has 2 aromatic rings. The van der Waals surface area contributed by atoms with E-state index in [9.17, 15) is 9.59 Å². The van der Waals surface area contributed by atoms with Crippen LogP contribution in [0.4, 0.5) is 0 Å². The number of rotatable bonds is 6. The van der Waals surface area contributed by atoms with Gasteiger partial charge < -0.3 is 15.4 Å². The molecule has 0 aliphatic carbocycles. The zero-order valence-corrected chi connectivity index (χ0v) is 18.1. The van der Waals surface area contributed by atoms with Crippen LogP contribution in [0.2, 0.25) is 5.02 Å². The molecule has 2 aliphatic heterocycles. The third kappa shape index (κ3) is 4.29. The van der Waals surface area contributed by atoms with Gasteiger partial charge in [-0.05, 0) is 36.2 Å². The normalized spacial score (nSPS) is 21.5. The van der Waals surface area contributed by atoms with Gasteiger partial charge in [0.05, 0.1) is 5.71 Å². The minimum Gasteiger partial charge on any atom is -0.491 e. The zero-order valence-electron chi connectivity index (χ0n) is 17.3. The topological polar surface area (TPSA) is 88.2 Å². The van der Waals surface area contributed by atoms with Crippen molar-refractivity contribution in [2.75, 3.05) is 26.7 Å². The van der Waals surface area contributed by atoms with Gasteiger partial charge in [-0.15, -0.1) is 0 Å². The summed E-state index contributed by atoms with van der Waals surface area (Å²) in [6, 6.07) is 15.9. The lowest BCUT2D eigenvalue weighted by molar-refractivity contribution is -0.140. The standard InChI is InChI=1S/C23H25ClN4O3/c1-27-22(30)23(13-16-5-3-2-4-6-16)15-28(12-11-20(23)26-27)21(29)19(25)14-31-18-9-7-17(24)8-10-18/h2-10,19H,11-15,25H2,1H3. The van der Waals surface area contributed by atoms with Gasteiger partial charge in [-0.2, -0.15) is 5.10 Å². The van der Waals surface area contributed by atoms with Gasteiger partial charge in [-0.1, -0.05) is 41.9 Å². The first-order valence-electron chi connectivity index (χ1n) is 10.2. The Hall–Kier alpha value is -2.90. The van der Waals surface area contributed by atoms with Crippen LogP contribution >= 0.6 is 11.6 Å². The minimum absolute atomic E-state index is 0.0391. The fourth-order valence-corrected chi connectivity index (χ4v) is 4.36. The van der Waals surface area contributed by atoms with Gasteiger partial charge in [0.2, 0.25) is 5.91 Å². The summed E-state index contributed by atoms with van der Waals surface area (Å²) in [5.74, 6) is 0.270. The number of piperidine rings is 1. The van der Waals surface area contributed by atoms with E-state index in [1.165, 1.54) is 5.01 Å². The van der Waals surface area contributed by atoms with Crippen molar-refractivity contribution in [3.05, 3.63) is 65.2 Å². The summed E-state index contributed by atoms with van der Waals surface area (Å²) >= 11 is 5.88. The van der Waals surface area contributed by atoms with E-state index in [0.717, 1.165) is 11.3 Å². The summed E-state index contributed by atoms with van der Waals surface area (Å²) < 4.78 is 5.65. The maximum Gasteiger partial charge on any atom is 0.256 e. The first-order valence-corrected chi connectivity index (χ1v) is 10.6. The highest BCUT2D eigenvalue weighted by molar-refractivity contribution is 6.30. The molecule has 7 nitrogen and oxygen atoms in total. The molecule has 1 saturated heterocycles. The summed E-state index contributed by atoms with van der Waals surface area (Å²) in [5.41, 5.74) is 7.17. The molecular weight excluding hydrogens is 416 g/mol. The monoisotopic (exact) mass is 440 g/mol. The van der Waals surface area contributed by atoms with Gasteiger partial charge in [0.25, 0.3) is 5.91 Å². The van der Waals surface area contributed by atoms with Crippen LogP contribution < -0.4 is 10.5 Å². The van der Waals surface area contributed by atoms with E-state index < -0.39 is 11.5 Å². The van der Waals surface area contributed by atoms with Gasteiger partial charge in [0.15, 0.2) is 0 Å². The molecule has 4 rings (SSSR count). The lowest BCUT2D eigenvalue weighted by Gasteiger charge is -2.40. The second-order valence-corrected chi connectivity index (χ2v) is 8.44. The molecule has 0 aromatic heterocycles. The van der Waals surface area contributed by atoms with Gasteiger partial charge in [0.1, 0.15) is 23.8 Å². The number of nitrogens with zero attached hydrogens (tertiary/aromatic N) is 3. The number of amides is 2. The molecule has 162 valence electrons.